The predicted molar refractivity (Wildman–Crippen MR) is 104 cm³/mol. The molecule has 0 aliphatic carbocycles. The summed E-state index contributed by atoms with van der Waals surface area (Å²) in [6, 6.07) is 4.29. The first-order chi connectivity index (χ1) is 12.3. The molecular formula is C18H29FN4O2S. The fourth-order valence-corrected chi connectivity index (χ4v) is 3.72. The number of piperidine rings is 1. The van der Waals surface area contributed by atoms with Crippen molar-refractivity contribution < 1.29 is 12.8 Å². The van der Waals surface area contributed by atoms with Crippen LogP contribution in [0.4, 0.5) is 10.1 Å². The van der Waals surface area contributed by atoms with Gasteiger partial charge in [0, 0.05) is 19.6 Å². The number of hydrogen-bond donors (Lipinski definition) is 2. The van der Waals surface area contributed by atoms with E-state index in [0.29, 0.717) is 11.5 Å². The molecule has 0 radical (unpaired) electrons. The van der Waals surface area contributed by atoms with Gasteiger partial charge in [0.05, 0.1) is 18.0 Å². The first kappa shape index (κ1) is 20.5. The normalized spacial score (nSPS) is 16.6. The highest BCUT2D eigenvalue weighted by atomic mass is 32.2. The van der Waals surface area contributed by atoms with Gasteiger partial charge >= 0.3 is 0 Å². The molecule has 1 aliphatic rings. The van der Waals surface area contributed by atoms with E-state index in [1.54, 1.807) is 19.1 Å². The van der Waals surface area contributed by atoms with Crippen LogP contribution in [0.15, 0.2) is 23.2 Å². The van der Waals surface area contributed by atoms with Crippen LogP contribution >= 0.6 is 0 Å². The molecule has 26 heavy (non-hydrogen) atoms. The molecule has 2 N–H and O–H groups in total. The second kappa shape index (κ2) is 9.21. The Kier molecular flexibility index (Phi) is 7.25. The van der Waals surface area contributed by atoms with Gasteiger partial charge in [0.2, 0.25) is 10.0 Å². The van der Waals surface area contributed by atoms with Crippen molar-refractivity contribution in [2.45, 2.75) is 33.6 Å². The Morgan fingerprint density at radius 3 is 2.65 bits per heavy atom. The number of benzene rings is 1. The molecule has 1 aromatic carbocycles. The van der Waals surface area contributed by atoms with Crippen molar-refractivity contribution in [3.8, 4) is 0 Å². The number of aliphatic imine (C=N–C) groups is 1. The van der Waals surface area contributed by atoms with Crippen LogP contribution in [-0.4, -0.2) is 51.2 Å². The van der Waals surface area contributed by atoms with Gasteiger partial charge in [-0.3, -0.25) is 9.71 Å². The molecular weight excluding hydrogens is 355 g/mol. The lowest BCUT2D eigenvalue weighted by atomic mass is 10.00. The summed E-state index contributed by atoms with van der Waals surface area (Å²) in [6.07, 6.45) is 2.23. The summed E-state index contributed by atoms with van der Waals surface area (Å²) in [7, 11) is -3.58. The van der Waals surface area contributed by atoms with Gasteiger partial charge in [-0.1, -0.05) is 13.0 Å². The van der Waals surface area contributed by atoms with E-state index in [1.165, 1.54) is 6.07 Å². The third kappa shape index (κ3) is 6.16. The topological polar surface area (TPSA) is 73.8 Å². The molecule has 0 atom stereocenters. The molecule has 0 bridgehead atoms. The Hall–Kier alpha value is -1.83. The third-order valence-corrected chi connectivity index (χ3v) is 5.75. The van der Waals surface area contributed by atoms with Crippen molar-refractivity contribution in [2.24, 2.45) is 10.9 Å². The molecule has 1 aliphatic heterocycles. The molecule has 0 unspecified atom stereocenters. The number of halogens is 1. The maximum Gasteiger partial charge on any atom is 0.234 e. The maximum absolute atomic E-state index is 13.6. The molecule has 0 saturated carbocycles. The molecule has 0 spiro atoms. The Morgan fingerprint density at radius 1 is 1.35 bits per heavy atom. The summed E-state index contributed by atoms with van der Waals surface area (Å²) in [6.45, 7) is 8.61. The van der Waals surface area contributed by atoms with Crippen molar-refractivity contribution in [1.82, 2.24) is 10.2 Å². The Balaban J connectivity index is 1.95. The first-order valence-electron chi connectivity index (χ1n) is 9.10. The van der Waals surface area contributed by atoms with Crippen LogP contribution in [0.3, 0.4) is 0 Å². The van der Waals surface area contributed by atoms with Crippen LogP contribution in [0.25, 0.3) is 0 Å². The van der Waals surface area contributed by atoms with E-state index in [-0.39, 0.29) is 18.0 Å². The van der Waals surface area contributed by atoms with Gasteiger partial charge in [-0.05, 0) is 50.3 Å². The molecule has 6 nitrogen and oxygen atoms in total. The van der Waals surface area contributed by atoms with Crippen molar-refractivity contribution in [1.29, 1.82) is 0 Å². The van der Waals surface area contributed by atoms with Crippen LogP contribution in [-0.2, 0) is 10.0 Å². The second-order valence-electron chi connectivity index (χ2n) is 6.79. The monoisotopic (exact) mass is 384 g/mol. The number of aryl methyl sites for hydroxylation is 1. The van der Waals surface area contributed by atoms with Crippen LogP contribution in [0.2, 0.25) is 0 Å². The van der Waals surface area contributed by atoms with E-state index in [0.717, 1.165) is 38.4 Å². The summed E-state index contributed by atoms with van der Waals surface area (Å²) in [5, 5.41) is 3.23. The summed E-state index contributed by atoms with van der Waals surface area (Å²) >= 11 is 0. The molecule has 0 amide bonds. The van der Waals surface area contributed by atoms with Gasteiger partial charge in [0.1, 0.15) is 5.82 Å². The Bertz CT molecular complexity index is 729. The molecule has 0 aromatic heterocycles. The fourth-order valence-electron chi connectivity index (χ4n) is 2.80. The highest BCUT2D eigenvalue weighted by Crippen LogP contribution is 2.16. The smallest absolute Gasteiger partial charge is 0.234 e. The quantitative estimate of drug-likeness (QED) is 0.584. The Labute approximate surface area is 155 Å². The van der Waals surface area contributed by atoms with E-state index >= 15 is 0 Å². The van der Waals surface area contributed by atoms with Crippen molar-refractivity contribution in [3.05, 3.63) is 29.6 Å². The number of hydrogen-bond acceptors (Lipinski definition) is 3. The lowest BCUT2D eigenvalue weighted by Gasteiger charge is -2.33. The summed E-state index contributed by atoms with van der Waals surface area (Å²) in [4.78, 5) is 6.64. The SMILES string of the molecule is CCNC(=NCCS(=O)(=O)Nc1ccc(C)c(F)c1)N1CCC(C)CC1. The fraction of sp³-hybridized carbons (Fsp3) is 0.611. The van der Waals surface area contributed by atoms with Crippen molar-refractivity contribution in [2.75, 3.05) is 36.7 Å². The average molecular weight is 385 g/mol. The largest absolute Gasteiger partial charge is 0.357 e. The summed E-state index contributed by atoms with van der Waals surface area (Å²) in [5.74, 6) is 0.892. The van der Waals surface area contributed by atoms with Gasteiger partial charge < -0.3 is 10.2 Å². The van der Waals surface area contributed by atoms with Gasteiger partial charge in [0.25, 0.3) is 0 Å². The number of rotatable bonds is 6. The van der Waals surface area contributed by atoms with Crippen molar-refractivity contribution in [3.63, 3.8) is 0 Å². The average Bonchev–Trinajstić information content (AvgIpc) is 2.58. The number of nitrogens with one attached hydrogen (secondary N) is 2. The standard InChI is InChI=1S/C18H29FN4O2S/c1-4-20-18(23-10-7-14(2)8-11-23)21-9-12-26(24,25)22-16-6-5-15(3)17(19)13-16/h5-6,13-14,22H,4,7-12H2,1-3H3,(H,20,21). The highest BCUT2D eigenvalue weighted by Gasteiger charge is 2.19. The zero-order valence-electron chi connectivity index (χ0n) is 15.8. The number of guanidine groups is 1. The third-order valence-electron chi connectivity index (χ3n) is 4.48. The lowest BCUT2D eigenvalue weighted by Crippen LogP contribution is -2.45. The molecule has 1 saturated heterocycles. The minimum atomic E-state index is -3.58. The summed E-state index contributed by atoms with van der Waals surface area (Å²) in [5.41, 5.74) is 0.706. The van der Waals surface area contributed by atoms with Gasteiger partial charge in [-0.15, -0.1) is 0 Å². The molecule has 8 heteroatoms. The maximum atomic E-state index is 13.6. The van der Waals surface area contributed by atoms with E-state index in [4.69, 9.17) is 0 Å². The molecule has 2 rings (SSSR count). The zero-order chi connectivity index (χ0) is 19.2. The lowest BCUT2D eigenvalue weighted by molar-refractivity contribution is 0.273. The Morgan fingerprint density at radius 2 is 2.04 bits per heavy atom. The molecule has 1 heterocycles. The van der Waals surface area contributed by atoms with Gasteiger partial charge in [0.15, 0.2) is 5.96 Å². The van der Waals surface area contributed by atoms with Gasteiger partial charge in [-0.2, -0.15) is 0 Å². The first-order valence-corrected chi connectivity index (χ1v) is 10.8. The predicted octanol–water partition coefficient (Wildman–Crippen LogP) is 2.57. The second-order valence-corrected chi connectivity index (χ2v) is 8.63. The van der Waals surface area contributed by atoms with E-state index in [2.05, 4.69) is 26.9 Å². The van der Waals surface area contributed by atoms with Crippen molar-refractivity contribution >= 4 is 21.7 Å². The van der Waals surface area contributed by atoms with E-state index in [1.807, 2.05) is 6.92 Å². The minimum absolute atomic E-state index is 0.151. The number of anilines is 1. The van der Waals surface area contributed by atoms with E-state index in [9.17, 15) is 12.8 Å². The molecule has 146 valence electrons. The molecule has 1 fully saturated rings. The van der Waals surface area contributed by atoms with Crippen LogP contribution in [0.5, 0.6) is 0 Å². The number of nitrogens with zero attached hydrogens (tertiary/aromatic N) is 2. The van der Waals surface area contributed by atoms with E-state index < -0.39 is 15.8 Å². The van der Waals surface area contributed by atoms with Gasteiger partial charge in [-0.25, -0.2) is 12.8 Å². The number of sulfonamides is 1. The van der Waals surface area contributed by atoms with Crippen LogP contribution in [0.1, 0.15) is 32.3 Å². The zero-order valence-corrected chi connectivity index (χ0v) is 16.6. The van der Waals surface area contributed by atoms with Crippen LogP contribution in [0, 0.1) is 18.7 Å². The summed E-state index contributed by atoms with van der Waals surface area (Å²) < 4.78 is 40.4. The van der Waals surface area contributed by atoms with Crippen LogP contribution < -0.4 is 10.0 Å². The number of likely N-dealkylation sites (tertiary alicyclic amines) is 1. The molecule has 1 aromatic rings. The minimum Gasteiger partial charge on any atom is -0.357 e. The highest BCUT2D eigenvalue weighted by molar-refractivity contribution is 7.92.